The zero-order chi connectivity index (χ0) is 17.2. The molecule has 1 aromatic carbocycles. The summed E-state index contributed by atoms with van der Waals surface area (Å²) in [5, 5.41) is 11.1. The van der Waals surface area contributed by atoms with E-state index in [1.807, 2.05) is 19.9 Å². The summed E-state index contributed by atoms with van der Waals surface area (Å²) in [6.07, 6.45) is 3.55. The topological polar surface area (TPSA) is 84.9 Å². The first-order valence-corrected chi connectivity index (χ1v) is 7.44. The minimum absolute atomic E-state index is 0.0402. The maximum Gasteiger partial charge on any atom is 0.303 e. The molecule has 23 heavy (non-hydrogen) atoms. The van der Waals surface area contributed by atoms with Gasteiger partial charge in [0.2, 0.25) is 5.91 Å². The first kappa shape index (κ1) is 18.5. The van der Waals surface area contributed by atoms with Gasteiger partial charge in [0.05, 0.1) is 13.2 Å². The summed E-state index contributed by atoms with van der Waals surface area (Å²) in [4.78, 5) is 22.0. The molecule has 0 heterocycles. The summed E-state index contributed by atoms with van der Waals surface area (Å²) in [6, 6.07) is 5.41. The first-order chi connectivity index (χ1) is 10.9. The van der Waals surface area contributed by atoms with E-state index in [-0.39, 0.29) is 18.4 Å². The van der Waals surface area contributed by atoms with Crippen LogP contribution < -0.4 is 14.8 Å². The van der Waals surface area contributed by atoms with Gasteiger partial charge in [0.25, 0.3) is 0 Å². The molecule has 0 bridgehead atoms. The highest BCUT2D eigenvalue weighted by atomic mass is 16.5. The molecule has 0 aliphatic carbocycles. The zero-order valence-corrected chi connectivity index (χ0v) is 13.7. The number of carboxylic acids is 1. The van der Waals surface area contributed by atoms with E-state index in [4.69, 9.17) is 14.6 Å². The van der Waals surface area contributed by atoms with Crippen molar-refractivity contribution in [2.45, 2.75) is 32.8 Å². The van der Waals surface area contributed by atoms with Gasteiger partial charge >= 0.3 is 5.97 Å². The van der Waals surface area contributed by atoms with Crippen LogP contribution in [0.4, 0.5) is 0 Å². The van der Waals surface area contributed by atoms with Gasteiger partial charge in [-0.25, -0.2) is 0 Å². The number of hydrogen-bond acceptors (Lipinski definition) is 4. The monoisotopic (exact) mass is 321 g/mol. The number of nitrogens with one attached hydrogen (secondary N) is 1. The van der Waals surface area contributed by atoms with Gasteiger partial charge in [0.1, 0.15) is 0 Å². The summed E-state index contributed by atoms with van der Waals surface area (Å²) in [5.74, 6) is 0.114. The van der Waals surface area contributed by atoms with Crippen LogP contribution in [-0.2, 0) is 9.59 Å². The normalized spacial score (nSPS) is 10.8. The molecular formula is C17H23NO5. The van der Waals surface area contributed by atoms with Crippen molar-refractivity contribution in [2.75, 3.05) is 13.7 Å². The Balaban J connectivity index is 2.58. The van der Waals surface area contributed by atoms with E-state index in [9.17, 15) is 9.59 Å². The average Bonchev–Trinajstić information content (AvgIpc) is 2.49. The third-order valence-electron chi connectivity index (χ3n) is 2.84. The minimum Gasteiger partial charge on any atom is -0.493 e. The molecule has 0 aromatic heterocycles. The van der Waals surface area contributed by atoms with Gasteiger partial charge in [-0.15, -0.1) is 0 Å². The Kier molecular flexibility index (Phi) is 7.66. The van der Waals surface area contributed by atoms with Crippen molar-refractivity contribution in [3.8, 4) is 11.5 Å². The summed E-state index contributed by atoms with van der Waals surface area (Å²) in [5.41, 5.74) is 0.804. The maximum atomic E-state index is 11.6. The molecule has 6 nitrogen and oxygen atoms in total. The Morgan fingerprint density at radius 2 is 2.04 bits per heavy atom. The fourth-order valence-corrected chi connectivity index (χ4v) is 1.82. The Labute approximate surface area is 136 Å². The highest BCUT2D eigenvalue weighted by molar-refractivity contribution is 5.91. The van der Waals surface area contributed by atoms with Crippen LogP contribution in [0.15, 0.2) is 24.3 Å². The predicted octanol–water partition coefficient (Wildman–Crippen LogP) is 2.48. The lowest BCUT2D eigenvalue weighted by atomic mass is 10.2. The van der Waals surface area contributed by atoms with E-state index >= 15 is 0 Å². The largest absolute Gasteiger partial charge is 0.493 e. The smallest absolute Gasteiger partial charge is 0.303 e. The second kappa shape index (κ2) is 9.50. The molecule has 0 saturated carbocycles. The molecule has 0 saturated heterocycles. The van der Waals surface area contributed by atoms with E-state index in [0.717, 1.165) is 5.56 Å². The van der Waals surface area contributed by atoms with Crippen molar-refractivity contribution in [3.63, 3.8) is 0 Å². The lowest BCUT2D eigenvalue weighted by Gasteiger charge is -2.13. The Morgan fingerprint density at radius 3 is 2.65 bits per heavy atom. The van der Waals surface area contributed by atoms with Gasteiger partial charge < -0.3 is 19.9 Å². The number of methoxy groups -OCH3 is 1. The fourth-order valence-electron chi connectivity index (χ4n) is 1.82. The van der Waals surface area contributed by atoms with Gasteiger partial charge in [0, 0.05) is 19.0 Å². The third kappa shape index (κ3) is 7.35. The SMILES string of the molecule is COc1cc(/C=C/C(=O)NCCCC(=O)O)ccc1OC(C)C. The molecule has 0 aliphatic heterocycles. The van der Waals surface area contributed by atoms with Gasteiger partial charge in [0.15, 0.2) is 11.5 Å². The van der Waals surface area contributed by atoms with Crippen LogP contribution in [0, 0.1) is 0 Å². The molecule has 126 valence electrons. The summed E-state index contributed by atoms with van der Waals surface area (Å²) in [6.45, 7) is 4.20. The second-order valence-corrected chi connectivity index (χ2v) is 5.20. The quantitative estimate of drug-likeness (QED) is 0.539. The molecule has 0 unspecified atom stereocenters. The van der Waals surface area contributed by atoms with E-state index in [0.29, 0.717) is 24.5 Å². The third-order valence-corrected chi connectivity index (χ3v) is 2.84. The Hall–Kier alpha value is -2.50. The highest BCUT2D eigenvalue weighted by Crippen LogP contribution is 2.29. The molecular weight excluding hydrogens is 298 g/mol. The van der Waals surface area contributed by atoms with Crippen molar-refractivity contribution >= 4 is 18.0 Å². The molecule has 0 fully saturated rings. The number of rotatable bonds is 9. The molecule has 2 N–H and O–H groups in total. The van der Waals surface area contributed by atoms with E-state index in [1.54, 1.807) is 25.3 Å². The molecule has 0 aliphatic rings. The van der Waals surface area contributed by atoms with Gasteiger partial charge in [-0.3, -0.25) is 9.59 Å². The number of aliphatic carboxylic acids is 1. The van der Waals surface area contributed by atoms with Crippen LogP contribution in [0.25, 0.3) is 6.08 Å². The highest BCUT2D eigenvalue weighted by Gasteiger charge is 2.06. The number of carbonyl (C=O) groups excluding carboxylic acids is 1. The first-order valence-electron chi connectivity index (χ1n) is 7.44. The minimum atomic E-state index is -0.870. The van der Waals surface area contributed by atoms with Gasteiger partial charge in [-0.1, -0.05) is 6.07 Å². The molecule has 0 spiro atoms. The molecule has 0 radical (unpaired) electrons. The van der Waals surface area contributed by atoms with Crippen molar-refractivity contribution < 1.29 is 24.2 Å². The second-order valence-electron chi connectivity index (χ2n) is 5.20. The standard InChI is InChI=1S/C17H23NO5/c1-12(2)23-14-8-6-13(11-15(14)22-3)7-9-16(19)18-10-4-5-17(20)21/h6-9,11-12H,4-5,10H2,1-3H3,(H,18,19)(H,20,21)/b9-7+. The number of ether oxygens (including phenoxy) is 2. The summed E-state index contributed by atoms with van der Waals surface area (Å²) >= 11 is 0. The summed E-state index contributed by atoms with van der Waals surface area (Å²) < 4.78 is 10.9. The number of carboxylic acid groups (broad SMARTS) is 1. The van der Waals surface area contributed by atoms with Gasteiger partial charge in [-0.05, 0) is 44.0 Å². The maximum absolute atomic E-state index is 11.6. The van der Waals surface area contributed by atoms with E-state index < -0.39 is 5.97 Å². The van der Waals surface area contributed by atoms with Crippen LogP contribution >= 0.6 is 0 Å². The number of carbonyl (C=O) groups is 2. The van der Waals surface area contributed by atoms with Crippen molar-refractivity contribution in [1.29, 1.82) is 0 Å². The van der Waals surface area contributed by atoms with E-state index in [1.165, 1.54) is 6.08 Å². The number of hydrogen-bond donors (Lipinski definition) is 2. The van der Waals surface area contributed by atoms with Crippen molar-refractivity contribution in [3.05, 3.63) is 29.8 Å². The van der Waals surface area contributed by atoms with Crippen LogP contribution in [0.2, 0.25) is 0 Å². The number of benzene rings is 1. The molecule has 1 amide bonds. The zero-order valence-electron chi connectivity index (χ0n) is 13.7. The van der Waals surface area contributed by atoms with Crippen molar-refractivity contribution in [1.82, 2.24) is 5.32 Å². The fraction of sp³-hybridized carbons (Fsp3) is 0.412. The molecule has 0 atom stereocenters. The van der Waals surface area contributed by atoms with E-state index in [2.05, 4.69) is 5.32 Å². The van der Waals surface area contributed by atoms with Crippen LogP contribution in [-0.4, -0.2) is 36.7 Å². The Morgan fingerprint density at radius 1 is 1.30 bits per heavy atom. The van der Waals surface area contributed by atoms with Crippen LogP contribution in [0.1, 0.15) is 32.3 Å². The molecule has 1 aromatic rings. The van der Waals surface area contributed by atoms with Crippen LogP contribution in [0.5, 0.6) is 11.5 Å². The van der Waals surface area contributed by atoms with Crippen molar-refractivity contribution in [2.24, 2.45) is 0 Å². The lowest BCUT2D eigenvalue weighted by Crippen LogP contribution is -2.22. The van der Waals surface area contributed by atoms with Crippen LogP contribution in [0.3, 0.4) is 0 Å². The van der Waals surface area contributed by atoms with Gasteiger partial charge in [-0.2, -0.15) is 0 Å². The Bertz CT molecular complexity index is 566. The molecule has 6 heteroatoms. The molecule has 1 rings (SSSR count). The summed E-state index contributed by atoms with van der Waals surface area (Å²) in [7, 11) is 1.56. The predicted molar refractivity (Wildman–Crippen MR) is 87.7 cm³/mol. The number of amides is 1. The average molecular weight is 321 g/mol. The lowest BCUT2D eigenvalue weighted by molar-refractivity contribution is -0.137.